The number of hydrogen-bond acceptors (Lipinski definition) is 5. The fourth-order valence-corrected chi connectivity index (χ4v) is 2.55. The number of aliphatic hydroxyl groups is 1. The number of rotatable bonds is 2. The molecule has 0 aromatic carbocycles. The van der Waals surface area contributed by atoms with E-state index in [1.807, 2.05) is 0 Å². The highest BCUT2D eigenvalue weighted by Crippen LogP contribution is 2.30. The maximum absolute atomic E-state index is 12.0. The first-order valence-electron chi connectivity index (χ1n) is 6.55. The third-order valence-corrected chi connectivity index (χ3v) is 3.79. The summed E-state index contributed by atoms with van der Waals surface area (Å²) in [4.78, 5) is 23.3. The number of cyclic esters (lactones) is 1. The highest BCUT2D eigenvalue weighted by molar-refractivity contribution is 5.75. The molecule has 0 radical (unpaired) electrons. The van der Waals surface area contributed by atoms with Crippen molar-refractivity contribution in [3.8, 4) is 0 Å². The van der Waals surface area contributed by atoms with Crippen LogP contribution in [0.4, 0.5) is 0 Å². The van der Waals surface area contributed by atoms with E-state index < -0.39 is 5.60 Å². The van der Waals surface area contributed by atoms with Gasteiger partial charge in [-0.2, -0.15) is 0 Å². The summed E-state index contributed by atoms with van der Waals surface area (Å²) >= 11 is 0. The lowest BCUT2D eigenvalue weighted by Gasteiger charge is -2.34. The first kappa shape index (κ1) is 13.3. The molecule has 1 atom stereocenters. The van der Waals surface area contributed by atoms with Crippen molar-refractivity contribution in [1.29, 1.82) is 0 Å². The molecular formula is C13H20O5. The Labute approximate surface area is 106 Å². The first-order chi connectivity index (χ1) is 8.48. The van der Waals surface area contributed by atoms with Crippen LogP contribution in [0.3, 0.4) is 0 Å². The number of esters is 2. The Hall–Kier alpha value is -1.10. The lowest BCUT2D eigenvalue weighted by atomic mass is 9.87. The summed E-state index contributed by atoms with van der Waals surface area (Å²) in [5.41, 5.74) is -0.720. The summed E-state index contributed by atoms with van der Waals surface area (Å²) in [6.07, 6.45) is 3.04. The standard InChI is InChI=1S/C13H20O5/c1-13(6-7-17-11(15)8-13)18-12(16)9-2-4-10(14)5-3-9/h9-10,14H,2-8H2,1H3. The molecule has 2 rings (SSSR count). The molecule has 0 bridgehead atoms. The minimum Gasteiger partial charge on any atom is -0.465 e. The Kier molecular flexibility index (Phi) is 3.90. The second-order valence-electron chi connectivity index (χ2n) is 5.52. The summed E-state index contributed by atoms with van der Waals surface area (Å²) in [6, 6.07) is 0. The average Bonchev–Trinajstić information content (AvgIpc) is 2.28. The van der Waals surface area contributed by atoms with Crippen LogP contribution < -0.4 is 0 Å². The third kappa shape index (κ3) is 3.22. The number of aliphatic hydroxyl groups excluding tert-OH is 1. The predicted molar refractivity (Wildman–Crippen MR) is 62.7 cm³/mol. The molecule has 1 aliphatic carbocycles. The second-order valence-corrected chi connectivity index (χ2v) is 5.52. The number of ether oxygens (including phenoxy) is 2. The van der Waals surface area contributed by atoms with E-state index in [2.05, 4.69) is 0 Å². The smallest absolute Gasteiger partial charge is 0.309 e. The Morgan fingerprint density at radius 1 is 1.39 bits per heavy atom. The second kappa shape index (κ2) is 5.26. The molecule has 102 valence electrons. The molecule has 1 unspecified atom stereocenters. The van der Waals surface area contributed by atoms with Crippen LogP contribution in [-0.4, -0.2) is 35.4 Å². The van der Waals surface area contributed by atoms with E-state index >= 15 is 0 Å². The Bertz CT molecular complexity index is 332. The van der Waals surface area contributed by atoms with Gasteiger partial charge < -0.3 is 14.6 Å². The van der Waals surface area contributed by atoms with Gasteiger partial charge in [0.15, 0.2) is 0 Å². The van der Waals surface area contributed by atoms with Crippen molar-refractivity contribution in [2.45, 2.75) is 57.2 Å². The molecule has 1 saturated heterocycles. The zero-order valence-electron chi connectivity index (χ0n) is 10.7. The van der Waals surface area contributed by atoms with Crippen LogP contribution in [0.5, 0.6) is 0 Å². The first-order valence-corrected chi connectivity index (χ1v) is 6.55. The summed E-state index contributed by atoms with van der Waals surface area (Å²) in [7, 11) is 0. The molecule has 0 amide bonds. The third-order valence-electron chi connectivity index (χ3n) is 3.79. The van der Waals surface area contributed by atoms with Crippen LogP contribution in [0.15, 0.2) is 0 Å². The van der Waals surface area contributed by atoms with Gasteiger partial charge in [0, 0.05) is 6.42 Å². The van der Waals surface area contributed by atoms with Gasteiger partial charge in [-0.25, -0.2) is 0 Å². The minimum absolute atomic E-state index is 0.133. The van der Waals surface area contributed by atoms with Gasteiger partial charge in [0.2, 0.25) is 0 Å². The molecule has 0 aromatic rings. The molecule has 1 saturated carbocycles. The van der Waals surface area contributed by atoms with Crippen molar-refractivity contribution >= 4 is 11.9 Å². The van der Waals surface area contributed by atoms with Gasteiger partial charge in [-0.05, 0) is 32.6 Å². The summed E-state index contributed by atoms with van der Waals surface area (Å²) in [5, 5.41) is 9.40. The Balaban J connectivity index is 1.88. The average molecular weight is 256 g/mol. The van der Waals surface area contributed by atoms with Gasteiger partial charge in [-0.3, -0.25) is 9.59 Å². The van der Waals surface area contributed by atoms with E-state index in [0.29, 0.717) is 38.7 Å². The monoisotopic (exact) mass is 256 g/mol. The quantitative estimate of drug-likeness (QED) is 0.751. The van der Waals surface area contributed by atoms with Crippen LogP contribution in [-0.2, 0) is 19.1 Å². The Morgan fingerprint density at radius 3 is 2.67 bits per heavy atom. The maximum atomic E-state index is 12.0. The zero-order valence-corrected chi connectivity index (χ0v) is 10.7. The van der Waals surface area contributed by atoms with Crippen LogP contribution in [0.25, 0.3) is 0 Å². The lowest BCUT2D eigenvalue weighted by Crippen LogP contribution is -2.42. The molecule has 5 heteroatoms. The number of carbonyl (C=O) groups excluding carboxylic acids is 2. The highest BCUT2D eigenvalue weighted by atomic mass is 16.6. The predicted octanol–water partition coefficient (Wildman–Crippen LogP) is 1.18. The number of hydrogen-bond donors (Lipinski definition) is 1. The van der Waals surface area contributed by atoms with Crippen molar-refractivity contribution in [3.63, 3.8) is 0 Å². The van der Waals surface area contributed by atoms with E-state index in [9.17, 15) is 14.7 Å². The molecule has 1 heterocycles. The van der Waals surface area contributed by atoms with Crippen LogP contribution in [0.1, 0.15) is 45.4 Å². The van der Waals surface area contributed by atoms with Gasteiger partial charge in [0.25, 0.3) is 0 Å². The van der Waals surface area contributed by atoms with Crippen molar-refractivity contribution in [3.05, 3.63) is 0 Å². The minimum atomic E-state index is -0.720. The van der Waals surface area contributed by atoms with Gasteiger partial charge in [-0.1, -0.05) is 0 Å². The van der Waals surface area contributed by atoms with Crippen molar-refractivity contribution in [2.75, 3.05) is 6.61 Å². The molecule has 1 aliphatic heterocycles. The molecule has 5 nitrogen and oxygen atoms in total. The van der Waals surface area contributed by atoms with Crippen molar-refractivity contribution in [1.82, 2.24) is 0 Å². The van der Waals surface area contributed by atoms with Crippen molar-refractivity contribution in [2.24, 2.45) is 5.92 Å². The van der Waals surface area contributed by atoms with E-state index in [0.717, 1.165) is 0 Å². The topological polar surface area (TPSA) is 72.8 Å². The fraction of sp³-hybridized carbons (Fsp3) is 0.846. The molecule has 1 N–H and O–H groups in total. The summed E-state index contributed by atoms with van der Waals surface area (Å²) in [6.45, 7) is 2.09. The zero-order chi connectivity index (χ0) is 13.2. The molecule has 0 aromatic heterocycles. The fourth-order valence-electron chi connectivity index (χ4n) is 2.55. The van der Waals surface area contributed by atoms with Crippen LogP contribution in [0.2, 0.25) is 0 Å². The van der Waals surface area contributed by atoms with Gasteiger partial charge in [-0.15, -0.1) is 0 Å². The molecule has 18 heavy (non-hydrogen) atoms. The SMILES string of the molecule is CC1(OC(=O)C2CCC(O)CC2)CCOC(=O)C1. The van der Waals surface area contributed by atoms with E-state index in [-0.39, 0.29) is 30.4 Å². The molecule has 0 spiro atoms. The van der Waals surface area contributed by atoms with E-state index in [1.54, 1.807) is 6.92 Å². The Morgan fingerprint density at radius 2 is 2.06 bits per heavy atom. The van der Waals surface area contributed by atoms with Gasteiger partial charge in [0.1, 0.15) is 5.60 Å². The summed E-state index contributed by atoms with van der Waals surface area (Å²) < 4.78 is 10.4. The largest absolute Gasteiger partial charge is 0.465 e. The van der Waals surface area contributed by atoms with Crippen LogP contribution >= 0.6 is 0 Å². The summed E-state index contributed by atoms with van der Waals surface area (Å²) in [5.74, 6) is -0.683. The van der Waals surface area contributed by atoms with E-state index in [1.165, 1.54) is 0 Å². The maximum Gasteiger partial charge on any atom is 0.309 e. The number of carbonyl (C=O) groups is 2. The molecule has 2 fully saturated rings. The van der Waals surface area contributed by atoms with Crippen molar-refractivity contribution < 1.29 is 24.2 Å². The van der Waals surface area contributed by atoms with Gasteiger partial charge >= 0.3 is 11.9 Å². The lowest BCUT2D eigenvalue weighted by molar-refractivity contribution is -0.179. The van der Waals surface area contributed by atoms with Gasteiger partial charge in [0.05, 0.1) is 25.0 Å². The highest BCUT2D eigenvalue weighted by Gasteiger charge is 2.38. The normalized spacial score (nSPS) is 36.9. The molecular weight excluding hydrogens is 236 g/mol. The van der Waals surface area contributed by atoms with E-state index in [4.69, 9.17) is 9.47 Å². The van der Waals surface area contributed by atoms with Crippen LogP contribution in [0, 0.1) is 5.92 Å². The molecule has 2 aliphatic rings.